The van der Waals surface area contributed by atoms with Gasteiger partial charge in [0.1, 0.15) is 0 Å². The first kappa shape index (κ1) is 14.9. The fourth-order valence-corrected chi connectivity index (χ4v) is 2.36. The highest BCUT2D eigenvalue weighted by Crippen LogP contribution is 2.24. The average Bonchev–Trinajstić information content (AvgIpc) is 2.40. The molecule has 0 aromatic heterocycles. The van der Waals surface area contributed by atoms with Gasteiger partial charge in [-0.25, -0.2) is 0 Å². The minimum absolute atomic E-state index is 0.181. The van der Waals surface area contributed by atoms with Crippen LogP contribution in [0, 0.1) is 13.8 Å². The zero-order chi connectivity index (χ0) is 15.6. The van der Waals surface area contributed by atoms with Crippen molar-refractivity contribution in [1.29, 1.82) is 0 Å². The summed E-state index contributed by atoms with van der Waals surface area (Å²) in [6, 6.07) is 11.3. The van der Waals surface area contributed by atoms with Crippen molar-refractivity contribution in [3.63, 3.8) is 0 Å². The van der Waals surface area contributed by atoms with E-state index in [9.17, 15) is 4.79 Å². The van der Waals surface area contributed by atoms with Crippen LogP contribution in [0.4, 0.5) is 17.1 Å². The monoisotopic (exact) mass is 283 g/mol. The molecule has 2 aromatic rings. The molecule has 2 rings (SSSR count). The van der Waals surface area contributed by atoms with Crippen molar-refractivity contribution < 1.29 is 4.79 Å². The maximum absolute atomic E-state index is 12.4. The van der Waals surface area contributed by atoms with Gasteiger partial charge in [-0.05, 0) is 43.2 Å². The van der Waals surface area contributed by atoms with E-state index in [-0.39, 0.29) is 5.91 Å². The Bertz CT molecular complexity index is 657. The molecule has 0 aliphatic rings. The van der Waals surface area contributed by atoms with Gasteiger partial charge in [-0.2, -0.15) is 0 Å². The minimum Gasteiger partial charge on any atom is -0.398 e. The molecule has 0 unspecified atom stereocenters. The maximum Gasteiger partial charge on any atom is 0.258 e. The zero-order valence-corrected chi connectivity index (χ0v) is 12.9. The third-order valence-electron chi connectivity index (χ3n) is 3.48. The quantitative estimate of drug-likeness (QED) is 0.850. The Balaban J connectivity index is 2.30. The summed E-state index contributed by atoms with van der Waals surface area (Å²) in [7, 11) is 3.96. The Kier molecular flexibility index (Phi) is 4.17. The number of hydrogen-bond acceptors (Lipinski definition) is 3. The lowest BCUT2D eigenvalue weighted by atomic mass is 10.1. The standard InChI is InChI=1S/C17H21N3O/c1-11-8-9-13(10-15(11)20(3)4)19-17(21)16-12(2)6-5-7-14(16)18/h5-10H,18H2,1-4H3,(H,19,21). The molecule has 0 aliphatic heterocycles. The summed E-state index contributed by atoms with van der Waals surface area (Å²) in [4.78, 5) is 14.4. The molecule has 0 aliphatic carbocycles. The molecular weight excluding hydrogens is 262 g/mol. The van der Waals surface area contributed by atoms with Crippen LogP contribution >= 0.6 is 0 Å². The predicted molar refractivity (Wildman–Crippen MR) is 89.1 cm³/mol. The number of amides is 1. The van der Waals surface area contributed by atoms with Crippen molar-refractivity contribution in [1.82, 2.24) is 0 Å². The summed E-state index contributed by atoms with van der Waals surface area (Å²) in [5.74, 6) is -0.181. The summed E-state index contributed by atoms with van der Waals surface area (Å²) in [6.07, 6.45) is 0. The van der Waals surface area contributed by atoms with Gasteiger partial charge in [-0.3, -0.25) is 4.79 Å². The van der Waals surface area contributed by atoms with E-state index in [1.54, 1.807) is 6.07 Å². The second-order valence-electron chi connectivity index (χ2n) is 5.39. The molecule has 0 spiro atoms. The van der Waals surface area contributed by atoms with E-state index in [1.807, 2.05) is 63.2 Å². The molecule has 4 heteroatoms. The number of nitrogen functional groups attached to an aromatic ring is 1. The lowest BCUT2D eigenvalue weighted by Gasteiger charge is -2.17. The van der Waals surface area contributed by atoms with Crippen LogP contribution in [0.2, 0.25) is 0 Å². The SMILES string of the molecule is Cc1ccc(NC(=O)c2c(C)cccc2N)cc1N(C)C. The van der Waals surface area contributed by atoms with Crippen molar-refractivity contribution >= 4 is 23.0 Å². The van der Waals surface area contributed by atoms with Crippen LogP contribution in [-0.2, 0) is 0 Å². The van der Waals surface area contributed by atoms with Crippen LogP contribution in [0.15, 0.2) is 36.4 Å². The maximum atomic E-state index is 12.4. The lowest BCUT2D eigenvalue weighted by Crippen LogP contribution is -2.16. The summed E-state index contributed by atoms with van der Waals surface area (Å²) < 4.78 is 0. The second kappa shape index (κ2) is 5.87. The second-order valence-corrected chi connectivity index (χ2v) is 5.39. The number of aryl methyl sites for hydroxylation is 2. The summed E-state index contributed by atoms with van der Waals surface area (Å²) in [5, 5.41) is 2.92. The summed E-state index contributed by atoms with van der Waals surface area (Å²) >= 11 is 0. The number of benzene rings is 2. The van der Waals surface area contributed by atoms with E-state index >= 15 is 0 Å². The van der Waals surface area contributed by atoms with Crippen molar-refractivity contribution in [2.45, 2.75) is 13.8 Å². The van der Waals surface area contributed by atoms with Crippen LogP contribution in [-0.4, -0.2) is 20.0 Å². The van der Waals surface area contributed by atoms with Gasteiger partial charge >= 0.3 is 0 Å². The van der Waals surface area contributed by atoms with Gasteiger partial charge in [-0.15, -0.1) is 0 Å². The number of hydrogen-bond donors (Lipinski definition) is 2. The van der Waals surface area contributed by atoms with E-state index < -0.39 is 0 Å². The number of carbonyl (C=O) groups is 1. The molecule has 4 nitrogen and oxygen atoms in total. The Hall–Kier alpha value is -2.49. The number of rotatable bonds is 3. The predicted octanol–water partition coefficient (Wildman–Crippen LogP) is 3.20. The fourth-order valence-electron chi connectivity index (χ4n) is 2.36. The number of nitrogens with zero attached hydrogens (tertiary/aromatic N) is 1. The van der Waals surface area contributed by atoms with E-state index in [2.05, 4.69) is 5.32 Å². The molecule has 1 amide bonds. The summed E-state index contributed by atoms with van der Waals surface area (Å²) in [6.45, 7) is 3.92. The van der Waals surface area contributed by atoms with Crippen LogP contribution < -0.4 is 16.0 Å². The molecule has 21 heavy (non-hydrogen) atoms. The van der Waals surface area contributed by atoms with Crippen molar-refractivity contribution in [2.24, 2.45) is 0 Å². The van der Waals surface area contributed by atoms with Crippen molar-refractivity contribution in [3.8, 4) is 0 Å². The number of carbonyl (C=O) groups excluding carboxylic acids is 1. The highest BCUT2D eigenvalue weighted by atomic mass is 16.1. The Morgan fingerprint density at radius 1 is 1.10 bits per heavy atom. The zero-order valence-electron chi connectivity index (χ0n) is 12.9. The van der Waals surface area contributed by atoms with Gasteiger partial charge in [0.25, 0.3) is 5.91 Å². The largest absolute Gasteiger partial charge is 0.398 e. The molecule has 3 N–H and O–H groups in total. The van der Waals surface area contributed by atoms with Gasteiger partial charge < -0.3 is 16.0 Å². The first-order valence-corrected chi connectivity index (χ1v) is 6.84. The molecule has 0 bridgehead atoms. The Morgan fingerprint density at radius 2 is 1.81 bits per heavy atom. The fraction of sp³-hybridized carbons (Fsp3) is 0.235. The number of nitrogens with one attached hydrogen (secondary N) is 1. The van der Waals surface area contributed by atoms with Crippen molar-refractivity contribution in [3.05, 3.63) is 53.1 Å². The Morgan fingerprint density at radius 3 is 2.43 bits per heavy atom. The van der Waals surface area contributed by atoms with Crippen LogP contribution in [0.5, 0.6) is 0 Å². The van der Waals surface area contributed by atoms with Gasteiger partial charge in [0, 0.05) is 31.2 Å². The van der Waals surface area contributed by atoms with Crippen LogP contribution in [0.25, 0.3) is 0 Å². The molecule has 0 fully saturated rings. The van der Waals surface area contributed by atoms with E-state index in [0.29, 0.717) is 11.3 Å². The summed E-state index contributed by atoms with van der Waals surface area (Å²) in [5.41, 5.74) is 10.8. The van der Waals surface area contributed by atoms with Gasteiger partial charge in [0.05, 0.1) is 5.56 Å². The third-order valence-corrected chi connectivity index (χ3v) is 3.48. The molecule has 0 saturated heterocycles. The molecular formula is C17H21N3O. The molecule has 0 radical (unpaired) electrons. The average molecular weight is 283 g/mol. The van der Waals surface area contributed by atoms with Gasteiger partial charge in [-0.1, -0.05) is 18.2 Å². The van der Waals surface area contributed by atoms with E-state index in [1.165, 1.54) is 0 Å². The topological polar surface area (TPSA) is 58.4 Å². The van der Waals surface area contributed by atoms with Crippen LogP contribution in [0.3, 0.4) is 0 Å². The molecule has 0 heterocycles. The number of nitrogens with two attached hydrogens (primary N) is 1. The first-order chi connectivity index (χ1) is 9.90. The van der Waals surface area contributed by atoms with Gasteiger partial charge in [0.2, 0.25) is 0 Å². The lowest BCUT2D eigenvalue weighted by molar-refractivity contribution is 0.102. The normalized spacial score (nSPS) is 10.3. The van der Waals surface area contributed by atoms with Crippen molar-refractivity contribution in [2.75, 3.05) is 30.0 Å². The third kappa shape index (κ3) is 3.16. The molecule has 110 valence electrons. The molecule has 2 aromatic carbocycles. The van der Waals surface area contributed by atoms with E-state index in [4.69, 9.17) is 5.73 Å². The van der Waals surface area contributed by atoms with E-state index in [0.717, 1.165) is 22.5 Å². The smallest absolute Gasteiger partial charge is 0.258 e. The first-order valence-electron chi connectivity index (χ1n) is 6.84. The van der Waals surface area contributed by atoms with Gasteiger partial charge in [0.15, 0.2) is 0 Å². The Labute approximate surface area is 125 Å². The van der Waals surface area contributed by atoms with Crippen LogP contribution in [0.1, 0.15) is 21.5 Å². The minimum atomic E-state index is -0.181. The molecule has 0 saturated carbocycles. The highest BCUT2D eigenvalue weighted by molar-refractivity contribution is 6.08. The highest BCUT2D eigenvalue weighted by Gasteiger charge is 2.13. The number of anilines is 3. The molecule has 0 atom stereocenters.